The molecule has 1 aromatic heterocycles. The van der Waals surface area contributed by atoms with Gasteiger partial charge in [0.15, 0.2) is 0 Å². The van der Waals surface area contributed by atoms with Gasteiger partial charge in [0.2, 0.25) is 11.7 Å². The van der Waals surface area contributed by atoms with Crippen molar-refractivity contribution in [2.24, 2.45) is 0 Å². The predicted octanol–water partition coefficient (Wildman–Crippen LogP) is 4.48. The van der Waals surface area contributed by atoms with Crippen LogP contribution in [-0.2, 0) is 0 Å². The maximum Gasteiger partial charge on any atom is 0.255 e. The van der Waals surface area contributed by atoms with Gasteiger partial charge in [-0.25, -0.2) is 0 Å². The minimum absolute atomic E-state index is 0.136. The van der Waals surface area contributed by atoms with Crippen molar-refractivity contribution in [2.75, 3.05) is 5.32 Å². The number of rotatable bonds is 4. The number of hydrogen-bond acceptors (Lipinski definition) is 4. The first-order valence-electron chi connectivity index (χ1n) is 8.42. The fourth-order valence-electron chi connectivity index (χ4n) is 2.87. The molecule has 1 N–H and O–H groups in total. The average molecular weight is 333 g/mol. The Morgan fingerprint density at radius 2 is 1.76 bits per heavy atom. The van der Waals surface area contributed by atoms with Gasteiger partial charge in [0.25, 0.3) is 5.91 Å². The summed E-state index contributed by atoms with van der Waals surface area (Å²) in [5, 5.41) is 6.96. The monoisotopic (exact) mass is 333 g/mol. The number of aryl methyl sites for hydroxylation is 2. The Labute approximate surface area is 146 Å². The van der Waals surface area contributed by atoms with Gasteiger partial charge in [-0.1, -0.05) is 23.4 Å². The summed E-state index contributed by atoms with van der Waals surface area (Å²) in [6.45, 7) is 4.02. The summed E-state index contributed by atoms with van der Waals surface area (Å²) in [5.41, 5.74) is 4.48. The summed E-state index contributed by atoms with van der Waals surface area (Å²) in [5.74, 6) is 1.59. The first-order chi connectivity index (χ1) is 12.1. The Morgan fingerprint density at radius 3 is 2.40 bits per heavy atom. The number of amides is 1. The van der Waals surface area contributed by atoms with Crippen LogP contribution in [0.15, 0.2) is 47.0 Å². The van der Waals surface area contributed by atoms with E-state index < -0.39 is 0 Å². The Balaban J connectivity index is 1.49. The maximum absolute atomic E-state index is 12.4. The highest BCUT2D eigenvalue weighted by Crippen LogP contribution is 2.39. The molecule has 5 nitrogen and oxygen atoms in total. The molecular formula is C20H19N3O2. The summed E-state index contributed by atoms with van der Waals surface area (Å²) >= 11 is 0. The smallest absolute Gasteiger partial charge is 0.255 e. The number of nitrogens with one attached hydrogen (secondary N) is 1. The lowest BCUT2D eigenvalue weighted by molar-refractivity contribution is 0.102. The zero-order valence-electron chi connectivity index (χ0n) is 14.2. The van der Waals surface area contributed by atoms with E-state index in [1.165, 1.54) is 0 Å². The Morgan fingerprint density at radius 1 is 1.08 bits per heavy atom. The second-order valence-corrected chi connectivity index (χ2v) is 6.64. The van der Waals surface area contributed by atoms with Crippen LogP contribution in [0.25, 0.3) is 11.4 Å². The van der Waals surface area contributed by atoms with Crippen molar-refractivity contribution < 1.29 is 9.32 Å². The molecule has 5 heteroatoms. The second kappa shape index (κ2) is 6.16. The van der Waals surface area contributed by atoms with Gasteiger partial charge < -0.3 is 9.84 Å². The van der Waals surface area contributed by atoms with Crippen LogP contribution in [0.3, 0.4) is 0 Å². The number of aromatic nitrogens is 2. The first-order valence-corrected chi connectivity index (χ1v) is 8.42. The Bertz CT molecular complexity index is 904. The number of carbonyl (C=O) groups excluding carboxylic acids is 1. The molecule has 1 amide bonds. The topological polar surface area (TPSA) is 68.0 Å². The molecule has 3 aromatic rings. The summed E-state index contributed by atoms with van der Waals surface area (Å²) in [4.78, 5) is 16.9. The molecule has 0 atom stereocenters. The van der Waals surface area contributed by atoms with E-state index in [1.54, 1.807) is 12.1 Å². The summed E-state index contributed by atoms with van der Waals surface area (Å²) in [6.07, 6.45) is 2.25. The van der Waals surface area contributed by atoms with Crippen molar-refractivity contribution in [3.8, 4) is 11.4 Å². The molecule has 2 aromatic carbocycles. The molecule has 1 fully saturated rings. The van der Waals surface area contributed by atoms with Gasteiger partial charge in [-0.15, -0.1) is 0 Å². The minimum atomic E-state index is -0.136. The Kier molecular flexibility index (Phi) is 3.84. The summed E-state index contributed by atoms with van der Waals surface area (Å²) < 4.78 is 5.28. The SMILES string of the molecule is Cc1cc(C)cc(NC(=O)c2ccc(-c3noc(C4CC4)n3)cc2)c1. The van der Waals surface area contributed by atoms with Crippen LogP contribution in [0, 0.1) is 13.8 Å². The lowest BCUT2D eigenvalue weighted by atomic mass is 10.1. The van der Waals surface area contributed by atoms with Crippen LogP contribution in [0.2, 0.25) is 0 Å². The molecule has 0 saturated heterocycles. The third-order valence-corrected chi connectivity index (χ3v) is 4.25. The number of carbonyl (C=O) groups is 1. The number of benzene rings is 2. The normalized spacial score (nSPS) is 13.7. The van der Waals surface area contributed by atoms with Crippen molar-refractivity contribution in [2.45, 2.75) is 32.6 Å². The lowest BCUT2D eigenvalue weighted by Crippen LogP contribution is -2.12. The van der Waals surface area contributed by atoms with E-state index in [2.05, 4.69) is 21.5 Å². The summed E-state index contributed by atoms with van der Waals surface area (Å²) in [7, 11) is 0. The molecule has 1 heterocycles. The molecule has 25 heavy (non-hydrogen) atoms. The van der Waals surface area contributed by atoms with Crippen LogP contribution in [0.4, 0.5) is 5.69 Å². The molecule has 1 aliphatic rings. The van der Waals surface area contributed by atoms with E-state index in [-0.39, 0.29) is 5.91 Å². The van der Waals surface area contributed by atoms with Gasteiger partial charge in [0.1, 0.15) is 0 Å². The van der Waals surface area contributed by atoms with E-state index in [0.29, 0.717) is 23.2 Å². The fraction of sp³-hybridized carbons (Fsp3) is 0.250. The van der Waals surface area contributed by atoms with E-state index >= 15 is 0 Å². The largest absolute Gasteiger partial charge is 0.339 e. The van der Waals surface area contributed by atoms with Gasteiger partial charge in [-0.2, -0.15) is 4.98 Å². The van der Waals surface area contributed by atoms with Crippen molar-refractivity contribution in [1.29, 1.82) is 0 Å². The number of nitrogens with zero attached hydrogens (tertiary/aromatic N) is 2. The molecule has 0 aliphatic heterocycles. The van der Waals surface area contributed by atoms with Crippen LogP contribution in [0.1, 0.15) is 46.1 Å². The molecule has 0 radical (unpaired) electrons. The molecule has 1 saturated carbocycles. The van der Waals surface area contributed by atoms with Crippen LogP contribution in [-0.4, -0.2) is 16.0 Å². The van der Waals surface area contributed by atoms with Crippen LogP contribution in [0.5, 0.6) is 0 Å². The molecule has 0 bridgehead atoms. The quantitative estimate of drug-likeness (QED) is 0.764. The van der Waals surface area contributed by atoms with Crippen LogP contribution >= 0.6 is 0 Å². The Hall–Kier alpha value is -2.95. The standard InChI is InChI=1S/C20H19N3O2/c1-12-9-13(2)11-17(10-12)21-19(24)15-5-3-14(4-6-15)18-22-20(25-23-18)16-7-8-16/h3-6,9-11,16H,7-8H2,1-2H3,(H,21,24). The average Bonchev–Trinajstić information content (AvgIpc) is 3.31. The van der Waals surface area contributed by atoms with E-state index in [0.717, 1.165) is 35.2 Å². The van der Waals surface area contributed by atoms with E-state index in [4.69, 9.17) is 4.52 Å². The highest BCUT2D eigenvalue weighted by Gasteiger charge is 2.29. The molecular weight excluding hydrogens is 314 g/mol. The van der Waals surface area contributed by atoms with E-state index in [1.807, 2.05) is 38.1 Å². The lowest BCUT2D eigenvalue weighted by Gasteiger charge is -2.08. The van der Waals surface area contributed by atoms with Crippen LogP contribution < -0.4 is 5.32 Å². The third kappa shape index (κ3) is 3.45. The number of hydrogen-bond donors (Lipinski definition) is 1. The second-order valence-electron chi connectivity index (χ2n) is 6.64. The molecule has 4 rings (SSSR count). The van der Waals surface area contributed by atoms with Crippen molar-refractivity contribution in [1.82, 2.24) is 10.1 Å². The fourth-order valence-corrected chi connectivity index (χ4v) is 2.87. The van der Waals surface area contributed by atoms with Crippen molar-refractivity contribution >= 4 is 11.6 Å². The zero-order valence-corrected chi connectivity index (χ0v) is 14.2. The number of anilines is 1. The molecule has 126 valence electrons. The minimum Gasteiger partial charge on any atom is -0.339 e. The zero-order chi connectivity index (χ0) is 17.4. The predicted molar refractivity (Wildman–Crippen MR) is 95.6 cm³/mol. The first kappa shape index (κ1) is 15.6. The summed E-state index contributed by atoms with van der Waals surface area (Å²) in [6, 6.07) is 13.2. The maximum atomic E-state index is 12.4. The van der Waals surface area contributed by atoms with Gasteiger partial charge in [-0.3, -0.25) is 4.79 Å². The van der Waals surface area contributed by atoms with Gasteiger partial charge >= 0.3 is 0 Å². The van der Waals surface area contributed by atoms with Gasteiger partial charge in [0.05, 0.1) is 0 Å². The van der Waals surface area contributed by atoms with Gasteiger partial charge in [0, 0.05) is 22.7 Å². The van der Waals surface area contributed by atoms with E-state index in [9.17, 15) is 4.79 Å². The van der Waals surface area contributed by atoms with Crippen molar-refractivity contribution in [3.63, 3.8) is 0 Å². The highest BCUT2D eigenvalue weighted by atomic mass is 16.5. The molecule has 1 aliphatic carbocycles. The van der Waals surface area contributed by atoms with Crippen molar-refractivity contribution in [3.05, 3.63) is 65.0 Å². The molecule has 0 unspecified atom stereocenters. The third-order valence-electron chi connectivity index (χ3n) is 4.25. The van der Waals surface area contributed by atoms with Gasteiger partial charge in [-0.05, 0) is 62.1 Å². The molecule has 0 spiro atoms. The highest BCUT2D eigenvalue weighted by molar-refractivity contribution is 6.04.